The number of benzene rings is 1. The van der Waals surface area contributed by atoms with E-state index in [9.17, 15) is 9.18 Å². The van der Waals surface area contributed by atoms with E-state index in [2.05, 4.69) is 5.32 Å². The topological polar surface area (TPSA) is 55.1 Å². The largest absolute Gasteiger partial charge is 0.349 e. The normalized spacial score (nSPS) is 13.2. The molecule has 1 aromatic rings. The maximum atomic E-state index is 13.3. The summed E-state index contributed by atoms with van der Waals surface area (Å²) in [5, 5.41) is 2.94. The molecule has 0 aromatic heterocycles. The third-order valence-electron chi connectivity index (χ3n) is 3.11. The smallest absolute Gasteiger partial charge is 0.251 e. The fraction of sp³-hybridized carbons (Fsp3) is 0.533. The predicted molar refractivity (Wildman–Crippen MR) is 75.5 cm³/mol. The number of rotatable bonds is 4. The van der Waals surface area contributed by atoms with E-state index in [4.69, 9.17) is 5.73 Å². The highest BCUT2D eigenvalue weighted by Crippen LogP contribution is 2.22. The first-order valence-electron chi connectivity index (χ1n) is 6.52. The summed E-state index contributed by atoms with van der Waals surface area (Å²) in [6.45, 7) is 8.41. The zero-order valence-electron chi connectivity index (χ0n) is 12.1. The van der Waals surface area contributed by atoms with Gasteiger partial charge >= 0.3 is 0 Å². The Morgan fingerprint density at radius 2 is 2.00 bits per heavy atom. The molecule has 0 aliphatic rings. The number of amides is 1. The van der Waals surface area contributed by atoms with Crippen LogP contribution in [0.1, 0.15) is 43.1 Å². The second-order valence-electron chi connectivity index (χ2n) is 5.99. The van der Waals surface area contributed by atoms with E-state index in [-0.39, 0.29) is 17.4 Å². The fourth-order valence-corrected chi connectivity index (χ4v) is 2.00. The van der Waals surface area contributed by atoms with Crippen LogP contribution < -0.4 is 11.1 Å². The number of aryl methyl sites for hydroxylation is 1. The Morgan fingerprint density at radius 1 is 1.37 bits per heavy atom. The molecule has 1 aromatic carbocycles. The van der Waals surface area contributed by atoms with Crippen molar-refractivity contribution in [2.45, 2.75) is 40.2 Å². The lowest BCUT2D eigenvalue weighted by atomic mass is 9.84. The summed E-state index contributed by atoms with van der Waals surface area (Å²) in [5.41, 5.74) is 6.57. The van der Waals surface area contributed by atoms with Crippen LogP contribution in [-0.2, 0) is 0 Å². The van der Waals surface area contributed by atoms with Gasteiger partial charge in [-0.25, -0.2) is 4.39 Å². The van der Waals surface area contributed by atoms with Crippen LogP contribution in [0.25, 0.3) is 0 Å². The molecule has 0 aliphatic carbocycles. The van der Waals surface area contributed by atoms with Gasteiger partial charge < -0.3 is 11.1 Å². The quantitative estimate of drug-likeness (QED) is 0.880. The molecule has 1 unspecified atom stereocenters. The van der Waals surface area contributed by atoms with Crippen molar-refractivity contribution in [1.29, 1.82) is 0 Å². The maximum Gasteiger partial charge on any atom is 0.251 e. The van der Waals surface area contributed by atoms with Gasteiger partial charge in [-0.2, -0.15) is 0 Å². The van der Waals surface area contributed by atoms with E-state index >= 15 is 0 Å². The van der Waals surface area contributed by atoms with Gasteiger partial charge in [0.2, 0.25) is 0 Å². The Bertz CT molecular complexity index is 432. The second-order valence-corrected chi connectivity index (χ2v) is 5.99. The van der Waals surface area contributed by atoms with Gasteiger partial charge in [0, 0.05) is 11.6 Å². The predicted octanol–water partition coefficient (Wildman–Crippen LogP) is 2.63. The van der Waals surface area contributed by atoms with Crippen molar-refractivity contribution in [3.05, 3.63) is 35.1 Å². The van der Waals surface area contributed by atoms with Crippen LogP contribution in [0, 0.1) is 18.2 Å². The molecule has 1 atom stereocenters. The highest BCUT2D eigenvalue weighted by Gasteiger charge is 2.25. The zero-order valence-corrected chi connectivity index (χ0v) is 12.1. The third-order valence-corrected chi connectivity index (χ3v) is 3.11. The van der Waals surface area contributed by atoms with Crippen molar-refractivity contribution in [1.82, 2.24) is 5.32 Å². The zero-order chi connectivity index (χ0) is 14.6. The van der Waals surface area contributed by atoms with E-state index in [0.717, 1.165) is 5.56 Å². The van der Waals surface area contributed by atoms with Crippen LogP contribution in [0.15, 0.2) is 18.2 Å². The molecule has 0 bridgehead atoms. The molecule has 1 rings (SSSR count). The van der Waals surface area contributed by atoms with Crippen LogP contribution in [-0.4, -0.2) is 18.5 Å². The third kappa shape index (κ3) is 4.63. The Labute approximate surface area is 114 Å². The van der Waals surface area contributed by atoms with Gasteiger partial charge in [-0.15, -0.1) is 0 Å². The van der Waals surface area contributed by atoms with Crippen LogP contribution in [0.4, 0.5) is 4.39 Å². The fourth-order valence-electron chi connectivity index (χ4n) is 2.00. The van der Waals surface area contributed by atoms with E-state index < -0.39 is 5.82 Å². The summed E-state index contributed by atoms with van der Waals surface area (Å²) in [7, 11) is 0. The van der Waals surface area contributed by atoms with E-state index in [1.807, 2.05) is 20.8 Å². The lowest BCUT2D eigenvalue weighted by molar-refractivity contribution is 0.0898. The van der Waals surface area contributed by atoms with Gasteiger partial charge in [-0.05, 0) is 49.1 Å². The number of carbonyl (C=O) groups is 1. The van der Waals surface area contributed by atoms with Crippen molar-refractivity contribution in [3.8, 4) is 0 Å². The molecule has 0 heterocycles. The van der Waals surface area contributed by atoms with Gasteiger partial charge in [0.05, 0.1) is 0 Å². The summed E-state index contributed by atoms with van der Waals surface area (Å²) >= 11 is 0. The highest BCUT2D eigenvalue weighted by atomic mass is 19.1. The average Bonchev–Trinajstić information content (AvgIpc) is 2.25. The molecule has 106 valence electrons. The lowest BCUT2D eigenvalue weighted by Gasteiger charge is -2.31. The SMILES string of the molecule is Cc1cc(F)cc(C(=O)NC(CCN)C(C)(C)C)c1. The number of hydrogen-bond donors (Lipinski definition) is 2. The molecule has 4 heteroatoms. The van der Waals surface area contributed by atoms with Crippen LogP contribution in [0.5, 0.6) is 0 Å². The van der Waals surface area contributed by atoms with E-state index in [1.165, 1.54) is 12.1 Å². The van der Waals surface area contributed by atoms with Gasteiger partial charge in [0.25, 0.3) is 5.91 Å². The van der Waals surface area contributed by atoms with E-state index in [1.54, 1.807) is 13.0 Å². The van der Waals surface area contributed by atoms with Crippen molar-refractivity contribution < 1.29 is 9.18 Å². The van der Waals surface area contributed by atoms with Gasteiger partial charge in [-0.1, -0.05) is 20.8 Å². The molecule has 0 spiro atoms. The second kappa shape index (κ2) is 6.15. The molecule has 1 amide bonds. The summed E-state index contributed by atoms with van der Waals surface area (Å²) < 4.78 is 13.3. The number of halogens is 1. The lowest BCUT2D eigenvalue weighted by Crippen LogP contribution is -2.44. The van der Waals surface area contributed by atoms with Crippen molar-refractivity contribution in [2.24, 2.45) is 11.1 Å². The first-order valence-corrected chi connectivity index (χ1v) is 6.52. The van der Waals surface area contributed by atoms with Crippen LogP contribution >= 0.6 is 0 Å². The van der Waals surface area contributed by atoms with Crippen molar-refractivity contribution in [2.75, 3.05) is 6.54 Å². The van der Waals surface area contributed by atoms with Gasteiger partial charge in [0.1, 0.15) is 5.82 Å². The summed E-state index contributed by atoms with van der Waals surface area (Å²) in [5.74, 6) is -0.646. The van der Waals surface area contributed by atoms with Gasteiger partial charge in [0.15, 0.2) is 0 Å². The monoisotopic (exact) mass is 266 g/mol. The summed E-state index contributed by atoms with van der Waals surface area (Å²) in [6, 6.07) is 4.30. The van der Waals surface area contributed by atoms with Crippen LogP contribution in [0.2, 0.25) is 0 Å². The molecular formula is C15H23FN2O. The molecule has 0 radical (unpaired) electrons. The minimum atomic E-state index is -0.392. The molecule has 3 nitrogen and oxygen atoms in total. The van der Waals surface area contributed by atoms with Crippen molar-refractivity contribution in [3.63, 3.8) is 0 Å². The van der Waals surface area contributed by atoms with Crippen molar-refractivity contribution >= 4 is 5.91 Å². The highest BCUT2D eigenvalue weighted by molar-refractivity contribution is 5.94. The number of nitrogens with two attached hydrogens (primary N) is 1. The molecule has 0 fully saturated rings. The first kappa shape index (κ1) is 15.6. The average molecular weight is 266 g/mol. The Morgan fingerprint density at radius 3 is 2.47 bits per heavy atom. The number of nitrogens with one attached hydrogen (secondary N) is 1. The minimum absolute atomic E-state index is 0.0337. The number of carbonyl (C=O) groups excluding carboxylic acids is 1. The minimum Gasteiger partial charge on any atom is -0.349 e. The van der Waals surface area contributed by atoms with Crippen LogP contribution in [0.3, 0.4) is 0 Å². The molecule has 0 saturated carbocycles. The Hall–Kier alpha value is -1.42. The van der Waals surface area contributed by atoms with E-state index in [0.29, 0.717) is 18.5 Å². The molecule has 0 aliphatic heterocycles. The maximum absolute atomic E-state index is 13.3. The molecule has 19 heavy (non-hydrogen) atoms. The summed E-state index contributed by atoms with van der Waals surface area (Å²) in [4.78, 5) is 12.2. The Balaban J connectivity index is 2.87. The molecule has 0 saturated heterocycles. The van der Waals surface area contributed by atoms with Gasteiger partial charge in [-0.3, -0.25) is 4.79 Å². The molecule has 3 N–H and O–H groups in total. The number of hydrogen-bond acceptors (Lipinski definition) is 2. The summed E-state index contributed by atoms with van der Waals surface area (Å²) in [6.07, 6.45) is 0.698. The molecular weight excluding hydrogens is 243 g/mol. The first-order chi connectivity index (χ1) is 8.74. The standard InChI is InChI=1S/C15H23FN2O/c1-10-7-11(9-12(16)8-10)14(19)18-13(5-6-17)15(2,3)4/h7-9,13H,5-6,17H2,1-4H3,(H,18,19). The Kier molecular flexibility index (Phi) is 5.06.